The molecule has 1 saturated carbocycles. The number of aliphatic hydroxyl groups is 1. The molecule has 1 aromatic heterocycles. The summed E-state index contributed by atoms with van der Waals surface area (Å²) in [5.41, 5.74) is 12.5. The Morgan fingerprint density at radius 3 is 2.65 bits per heavy atom. The van der Waals surface area contributed by atoms with Gasteiger partial charge < -0.3 is 26.4 Å². The van der Waals surface area contributed by atoms with Crippen LogP contribution in [0.25, 0.3) is 0 Å². The lowest BCUT2D eigenvalue weighted by Gasteiger charge is -2.45. The number of hydrogen-bond acceptors (Lipinski definition) is 9. The fourth-order valence-corrected chi connectivity index (χ4v) is 7.74. The van der Waals surface area contributed by atoms with Gasteiger partial charge >= 0.3 is 0 Å². The van der Waals surface area contributed by atoms with Crippen LogP contribution in [0, 0.1) is 5.41 Å². The zero-order chi connectivity index (χ0) is 28.2. The van der Waals surface area contributed by atoms with Crippen LogP contribution in [0.5, 0.6) is 0 Å². The lowest BCUT2D eigenvalue weighted by molar-refractivity contribution is -0.130. The van der Waals surface area contributed by atoms with E-state index >= 15 is 0 Å². The number of fused-ring (bicyclic) bond motifs is 1. The number of hydrogen-bond donors (Lipinski definition) is 3. The molecule has 3 fully saturated rings. The molecule has 214 valence electrons. The Morgan fingerprint density at radius 1 is 1.18 bits per heavy atom. The van der Waals surface area contributed by atoms with E-state index in [0.29, 0.717) is 58.9 Å². The lowest BCUT2D eigenvalue weighted by atomic mass is 9.74. The second kappa shape index (κ2) is 10.2. The number of aliphatic hydroxyl groups excluding tert-OH is 1. The number of carbonyl (C=O) groups excluding carboxylic acids is 1. The average Bonchev–Trinajstić information content (AvgIpc) is 3.14. The minimum absolute atomic E-state index is 0.133. The van der Waals surface area contributed by atoms with Crippen molar-refractivity contribution in [1.29, 1.82) is 0 Å². The number of nitrogens with two attached hydrogens (primary N) is 2. The molecule has 1 unspecified atom stereocenters. The van der Waals surface area contributed by atoms with Crippen LogP contribution in [-0.2, 0) is 4.79 Å². The predicted octanol–water partition coefficient (Wildman–Crippen LogP) is 4.76. The number of amides is 1. The Labute approximate surface area is 240 Å². The first-order valence-corrected chi connectivity index (χ1v) is 14.7. The first kappa shape index (κ1) is 27.3. The average molecular weight is 592 g/mol. The third kappa shape index (κ3) is 4.83. The fourth-order valence-electron chi connectivity index (χ4n) is 6.61. The third-order valence-corrected chi connectivity index (χ3v) is 10.3. The maximum atomic E-state index is 14.0. The third-order valence-electron chi connectivity index (χ3n) is 8.71. The summed E-state index contributed by atoms with van der Waals surface area (Å²) in [5, 5.41) is 11.6. The second-order valence-electron chi connectivity index (χ2n) is 11.2. The van der Waals surface area contributed by atoms with E-state index in [1.807, 2.05) is 23.1 Å². The van der Waals surface area contributed by atoms with E-state index in [1.54, 1.807) is 16.0 Å². The molecule has 40 heavy (non-hydrogen) atoms. The number of nitrogens with zero attached hydrogens (tertiary/aromatic N) is 5. The van der Waals surface area contributed by atoms with Crippen molar-refractivity contribution in [3.63, 3.8) is 0 Å². The van der Waals surface area contributed by atoms with Gasteiger partial charge in [0, 0.05) is 43.4 Å². The number of nitrogen functional groups attached to an aromatic ring is 1. The number of anilines is 3. The van der Waals surface area contributed by atoms with Gasteiger partial charge in [0.05, 0.1) is 23.0 Å². The minimum atomic E-state index is -2.69. The Balaban J connectivity index is 1.19. The molecule has 13 heteroatoms. The van der Waals surface area contributed by atoms with Gasteiger partial charge in [0.25, 0.3) is 5.91 Å². The molecule has 9 nitrogen and oxygen atoms in total. The van der Waals surface area contributed by atoms with Crippen molar-refractivity contribution in [1.82, 2.24) is 14.9 Å². The monoisotopic (exact) mass is 591 g/mol. The molecule has 0 bridgehead atoms. The van der Waals surface area contributed by atoms with Crippen molar-refractivity contribution < 1.29 is 18.7 Å². The number of aromatic nitrogens is 2. The van der Waals surface area contributed by atoms with Gasteiger partial charge in [-0.25, -0.2) is 18.7 Å². The van der Waals surface area contributed by atoms with E-state index in [1.165, 1.54) is 17.8 Å². The van der Waals surface area contributed by atoms with Crippen LogP contribution in [0.2, 0.25) is 5.02 Å². The maximum Gasteiger partial charge on any atom is 0.253 e. The Bertz CT molecular complexity index is 1350. The van der Waals surface area contributed by atoms with E-state index in [9.17, 15) is 18.7 Å². The van der Waals surface area contributed by atoms with E-state index < -0.39 is 17.4 Å². The molecule has 1 aromatic carbocycles. The first-order valence-electron chi connectivity index (χ1n) is 13.5. The summed E-state index contributed by atoms with van der Waals surface area (Å²) < 4.78 is 28.0. The number of benzene rings is 1. The van der Waals surface area contributed by atoms with Gasteiger partial charge in [-0.1, -0.05) is 29.4 Å². The smallest absolute Gasteiger partial charge is 0.253 e. The van der Waals surface area contributed by atoms with Gasteiger partial charge in [-0.3, -0.25) is 9.69 Å². The highest BCUT2D eigenvalue weighted by Crippen LogP contribution is 2.52. The van der Waals surface area contributed by atoms with Crippen molar-refractivity contribution in [3.05, 3.63) is 41.4 Å². The summed E-state index contributed by atoms with van der Waals surface area (Å²) >= 11 is 8.12. The molecule has 1 amide bonds. The summed E-state index contributed by atoms with van der Waals surface area (Å²) in [7, 11) is 0. The zero-order valence-electron chi connectivity index (χ0n) is 21.9. The predicted molar refractivity (Wildman–Crippen MR) is 151 cm³/mol. The van der Waals surface area contributed by atoms with E-state index in [-0.39, 0.29) is 36.6 Å². The van der Waals surface area contributed by atoms with Crippen LogP contribution in [-0.4, -0.2) is 63.6 Å². The van der Waals surface area contributed by atoms with Crippen LogP contribution >= 0.6 is 23.4 Å². The van der Waals surface area contributed by atoms with Crippen LogP contribution in [0.4, 0.5) is 26.1 Å². The van der Waals surface area contributed by atoms with E-state index in [2.05, 4.69) is 9.97 Å². The van der Waals surface area contributed by atoms with Crippen LogP contribution in [0.3, 0.4) is 0 Å². The molecule has 1 aliphatic carbocycles. The number of halogens is 3. The van der Waals surface area contributed by atoms with Crippen molar-refractivity contribution in [3.8, 4) is 0 Å². The number of rotatable bonds is 4. The quantitative estimate of drug-likeness (QED) is 0.461. The number of piperidine rings is 2. The highest BCUT2D eigenvalue weighted by Gasteiger charge is 2.55. The molecule has 3 aliphatic heterocycles. The summed E-state index contributed by atoms with van der Waals surface area (Å²) in [6.45, 7) is 1.75. The van der Waals surface area contributed by atoms with E-state index in [4.69, 9.17) is 23.1 Å². The molecule has 0 radical (unpaired) electrons. The molecule has 1 spiro atoms. The summed E-state index contributed by atoms with van der Waals surface area (Å²) in [6.07, 6.45) is 5.91. The van der Waals surface area contributed by atoms with Crippen LogP contribution in [0.1, 0.15) is 44.9 Å². The maximum absolute atomic E-state index is 14.0. The molecule has 4 heterocycles. The van der Waals surface area contributed by atoms with Gasteiger partial charge in [0.15, 0.2) is 11.7 Å². The van der Waals surface area contributed by atoms with Gasteiger partial charge in [-0.05, 0) is 49.7 Å². The highest BCUT2D eigenvalue weighted by atomic mass is 35.5. The molecule has 2 saturated heterocycles. The number of carbonyl (C=O) groups is 1. The Kier molecular flexibility index (Phi) is 6.99. The summed E-state index contributed by atoms with van der Waals surface area (Å²) in [4.78, 5) is 27.7. The van der Waals surface area contributed by atoms with Crippen LogP contribution in [0.15, 0.2) is 46.3 Å². The summed E-state index contributed by atoms with van der Waals surface area (Å²) in [6, 6.07) is 4.99. The normalized spacial score (nSPS) is 25.8. The van der Waals surface area contributed by atoms with Crippen molar-refractivity contribution >= 4 is 46.6 Å². The second-order valence-corrected chi connectivity index (χ2v) is 12.6. The largest absolute Gasteiger partial charge is 0.494 e. The zero-order valence-corrected chi connectivity index (χ0v) is 23.5. The van der Waals surface area contributed by atoms with Crippen molar-refractivity contribution in [2.45, 2.75) is 73.0 Å². The Hall–Kier alpha value is -2.83. The minimum Gasteiger partial charge on any atom is -0.494 e. The molecule has 5 N–H and O–H groups in total. The number of alkyl halides is 2. The van der Waals surface area contributed by atoms with Gasteiger partial charge in [-0.15, -0.1) is 0 Å². The molecule has 4 aliphatic rings. The van der Waals surface area contributed by atoms with E-state index in [0.717, 1.165) is 19.3 Å². The first-order chi connectivity index (χ1) is 19.1. The van der Waals surface area contributed by atoms with Gasteiger partial charge in [0.2, 0.25) is 5.92 Å². The van der Waals surface area contributed by atoms with Crippen molar-refractivity contribution in [2.75, 3.05) is 35.2 Å². The van der Waals surface area contributed by atoms with Gasteiger partial charge in [-0.2, -0.15) is 0 Å². The summed E-state index contributed by atoms with van der Waals surface area (Å²) in [5.74, 6) is -2.19. The highest BCUT2D eigenvalue weighted by molar-refractivity contribution is 7.99. The fraction of sp³-hybridized carbons (Fsp3) is 0.519. The molecule has 2 atom stereocenters. The molecular formula is C27H32ClF2N7O2S. The van der Waals surface area contributed by atoms with Gasteiger partial charge in [0.1, 0.15) is 17.0 Å². The Morgan fingerprint density at radius 2 is 1.95 bits per heavy atom. The van der Waals surface area contributed by atoms with Crippen molar-refractivity contribution in [2.24, 2.45) is 11.1 Å². The molecule has 2 aromatic rings. The topological polar surface area (TPSA) is 125 Å². The SMILES string of the molecule is Nc1nc(N2CCC3(CC2)CC(F)(F)CC3N)cnc1Sc1cccc(N2C(O)=CC(=O)N3CCCC[C@@H]32)c1Cl. The molecular weight excluding hydrogens is 560 g/mol. The van der Waals surface area contributed by atoms with Crippen LogP contribution < -0.4 is 21.3 Å². The molecule has 6 rings (SSSR count). The lowest BCUT2D eigenvalue weighted by Crippen LogP contribution is -2.56. The standard InChI is InChI=1S/C27H32ClF2N7O2S/c28-23-16(37-20-6-1-2-9-36(20)21(38)12-22(37)39)4-3-5-17(23)40-25-24(32)34-19(14-33-25)35-10-7-26(8-11-35)15-27(29,30)13-18(26)31/h3-5,12,14,18,20,39H,1-2,6-11,13,15,31H2,(H2,32,34)/t18?,20-/m0/s1.